The molecular weight excluding hydrogens is 242 g/mol. The van der Waals surface area contributed by atoms with Crippen LogP contribution < -0.4 is 10.6 Å². The summed E-state index contributed by atoms with van der Waals surface area (Å²) in [7, 11) is 4.33. The fourth-order valence-electron chi connectivity index (χ4n) is 2.53. The molecule has 2 rings (SSSR count). The molecule has 0 saturated carbocycles. The number of hydrogen-bond acceptors (Lipinski definition) is 4. The number of nitrogens with one attached hydrogen (secondary N) is 2. The first-order chi connectivity index (χ1) is 8.77. The first kappa shape index (κ1) is 14.0. The monoisotopic (exact) mass is 267 g/mol. The lowest BCUT2D eigenvalue weighted by atomic mass is 9.98. The zero-order valence-electron chi connectivity index (χ0n) is 11.5. The maximum atomic E-state index is 3.66. The van der Waals surface area contributed by atoms with Crippen molar-refractivity contribution in [2.24, 2.45) is 5.92 Å². The molecule has 1 atom stereocenters. The second kappa shape index (κ2) is 7.24. The predicted molar refractivity (Wildman–Crippen MR) is 79.2 cm³/mol. The van der Waals surface area contributed by atoms with Crippen molar-refractivity contribution in [2.45, 2.75) is 18.9 Å². The van der Waals surface area contributed by atoms with Gasteiger partial charge in [0.15, 0.2) is 0 Å². The smallest absolute Gasteiger partial charge is 0.0561 e. The molecule has 0 aliphatic carbocycles. The minimum absolute atomic E-state index is 0.506. The van der Waals surface area contributed by atoms with E-state index in [4.69, 9.17) is 0 Å². The van der Waals surface area contributed by atoms with E-state index in [0.29, 0.717) is 6.04 Å². The van der Waals surface area contributed by atoms with Gasteiger partial charge < -0.3 is 15.5 Å². The highest BCUT2D eigenvalue weighted by Crippen LogP contribution is 2.22. The van der Waals surface area contributed by atoms with Crippen LogP contribution in [-0.2, 0) is 0 Å². The van der Waals surface area contributed by atoms with Crippen molar-refractivity contribution < 1.29 is 0 Å². The van der Waals surface area contributed by atoms with Gasteiger partial charge in [-0.2, -0.15) is 0 Å². The molecule has 2 heterocycles. The Morgan fingerprint density at radius 3 is 2.83 bits per heavy atom. The lowest BCUT2D eigenvalue weighted by Gasteiger charge is -2.27. The van der Waals surface area contributed by atoms with Crippen molar-refractivity contribution in [1.29, 1.82) is 0 Å². The van der Waals surface area contributed by atoms with Crippen LogP contribution in [-0.4, -0.2) is 45.2 Å². The standard InChI is InChI=1S/C14H25N3S/c1-17(2)13(14-4-3-9-18-14)11-16-10-12-5-7-15-8-6-12/h3-4,9,12-13,15-16H,5-8,10-11H2,1-2H3. The Balaban J connectivity index is 1.76. The summed E-state index contributed by atoms with van der Waals surface area (Å²) >= 11 is 1.85. The number of nitrogens with zero attached hydrogens (tertiary/aromatic N) is 1. The van der Waals surface area contributed by atoms with Gasteiger partial charge in [-0.15, -0.1) is 11.3 Å². The average Bonchev–Trinajstić information content (AvgIpc) is 2.89. The summed E-state index contributed by atoms with van der Waals surface area (Å²) in [5.74, 6) is 0.859. The van der Waals surface area contributed by atoms with Gasteiger partial charge in [-0.25, -0.2) is 0 Å². The summed E-state index contributed by atoms with van der Waals surface area (Å²) in [6, 6.07) is 4.89. The predicted octanol–water partition coefficient (Wildman–Crippen LogP) is 1.94. The highest BCUT2D eigenvalue weighted by Gasteiger charge is 2.16. The van der Waals surface area contributed by atoms with Crippen LogP contribution in [0.4, 0.5) is 0 Å². The Morgan fingerprint density at radius 1 is 1.44 bits per heavy atom. The van der Waals surface area contributed by atoms with Crippen LogP contribution >= 0.6 is 11.3 Å². The number of rotatable bonds is 6. The summed E-state index contributed by atoms with van der Waals surface area (Å²) in [4.78, 5) is 3.76. The molecule has 1 aromatic rings. The van der Waals surface area contributed by atoms with Crippen molar-refractivity contribution in [2.75, 3.05) is 40.3 Å². The quantitative estimate of drug-likeness (QED) is 0.825. The van der Waals surface area contributed by atoms with Gasteiger partial charge in [0.05, 0.1) is 6.04 Å². The number of piperidine rings is 1. The van der Waals surface area contributed by atoms with Crippen molar-refractivity contribution in [3.8, 4) is 0 Å². The van der Waals surface area contributed by atoms with Crippen LogP contribution in [0.1, 0.15) is 23.8 Å². The van der Waals surface area contributed by atoms with Gasteiger partial charge in [0.2, 0.25) is 0 Å². The van der Waals surface area contributed by atoms with Crippen molar-refractivity contribution in [3.05, 3.63) is 22.4 Å². The largest absolute Gasteiger partial charge is 0.317 e. The fourth-order valence-corrected chi connectivity index (χ4v) is 3.45. The van der Waals surface area contributed by atoms with Gasteiger partial charge >= 0.3 is 0 Å². The minimum atomic E-state index is 0.506. The van der Waals surface area contributed by atoms with Gasteiger partial charge in [-0.1, -0.05) is 6.07 Å². The van der Waals surface area contributed by atoms with E-state index in [9.17, 15) is 0 Å². The van der Waals surface area contributed by atoms with E-state index >= 15 is 0 Å². The zero-order chi connectivity index (χ0) is 12.8. The lowest BCUT2D eigenvalue weighted by molar-refractivity contribution is 0.278. The number of hydrogen-bond donors (Lipinski definition) is 2. The molecular formula is C14H25N3S. The van der Waals surface area contributed by atoms with E-state index in [1.54, 1.807) is 0 Å². The zero-order valence-corrected chi connectivity index (χ0v) is 12.3. The lowest BCUT2D eigenvalue weighted by Crippen LogP contribution is -2.37. The maximum absolute atomic E-state index is 3.66. The molecule has 1 unspecified atom stereocenters. The van der Waals surface area contributed by atoms with Crippen LogP contribution in [0.3, 0.4) is 0 Å². The third-order valence-corrected chi connectivity index (χ3v) is 4.70. The van der Waals surface area contributed by atoms with E-state index in [1.165, 1.54) is 30.8 Å². The Hall–Kier alpha value is -0.420. The van der Waals surface area contributed by atoms with Gasteiger partial charge in [0, 0.05) is 11.4 Å². The van der Waals surface area contributed by atoms with Gasteiger partial charge in [-0.05, 0) is 63.9 Å². The average molecular weight is 267 g/mol. The molecule has 1 saturated heterocycles. The second-order valence-corrected chi connectivity index (χ2v) is 6.33. The summed E-state index contributed by atoms with van der Waals surface area (Å²) in [5.41, 5.74) is 0. The van der Waals surface area contributed by atoms with E-state index in [1.807, 2.05) is 11.3 Å². The van der Waals surface area contributed by atoms with E-state index in [2.05, 4.69) is 47.1 Å². The fraction of sp³-hybridized carbons (Fsp3) is 0.714. The maximum Gasteiger partial charge on any atom is 0.0561 e. The molecule has 0 aromatic carbocycles. The summed E-state index contributed by atoms with van der Waals surface area (Å²) in [5, 5.41) is 9.25. The summed E-state index contributed by atoms with van der Waals surface area (Å²) < 4.78 is 0. The SMILES string of the molecule is CN(C)C(CNCC1CCNCC1)c1cccs1. The first-order valence-electron chi connectivity index (χ1n) is 6.88. The van der Waals surface area contributed by atoms with Crippen molar-refractivity contribution in [1.82, 2.24) is 15.5 Å². The highest BCUT2D eigenvalue weighted by molar-refractivity contribution is 7.10. The minimum Gasteiger partial charge on any atom is -0.317 e. The molecule has 0 bridgehead atoms. The van der Waals surface area contributed by atoms with Crippen LogP contribution in [0.25, 0.3) is 0 Å². The van der Waals surface area contributed by atoms with Gasteiger partial charge in [-0.3, -0.25) is 0 Å². The third kappa shape index (κ3) is 4.05. The Labute approximate surface area is 115 Å². The molecule has 1 aliphatic heterocycles. The molecule has 0 radical (unpaired) electrons. The Morgan fingerprint density at radius 2 is 2.22 bits per heavy atom. The third-order valence-electron chi connectivity index (χ3n) is 3.72. The Bertz CT molecular complexity index is 318. The molecule has 1 fully saturated rings. The number of likely N-dealkylation sites (N-methyl/N-ethyl adjacent to an activating group) is 1. The molecule has 102 valence electrons. The molecule has 2 N–H and O–H groups in total. The van der Waals surface area contributed by atoms with Crippen LogP contribution in [0.2, 0.25) is 0 Å². The van der Waals surface area contributed by atoms with Gasteiger partial charge in [0.25, 0.3) is 0 Å². The van der Waals surface area contributed by atoms with Crippen LogP contribution in [0, 0.1) is 5.92 Å². The molecule has 0 amide bonds. The van der Waals surface area contributed by atoms with Crippen LogP contribution in [0.5, 0.6) is 0 Å². The summed E-state index contributed by atoms with van der Waals surface area (Å²) in [6.07, 6.45) is 2.64. The molecule has 4 heteroatoms. The van der Waals surface area contributed by atoms with Gasteiger partial charge in [0.1, 0.15) is 0 Å². The topological polar surface area (TPSA) is 27.3 Å². The molecule has 1 aliphatic rings. The number of thiophene rings is 1. The summed E-state index contributed by atoms with van der Waals surface area (Å²) in [6.45, 7) is 4.59. The van der Waals surface area contributed by atoms with Crippen molar-refractivity contribution >= 4 is 11.3 Å². The molecule has 0 spiro atoms. The van der Waals surface area contributed by atoms with Crippen molar-refractivity contribution in [3.63, 3.8) is 0 Å². The molecule has 1 aromatic heterocycles. The van der Waals surface area contributed by atoms with E-state index in [0.717, 1.165) is 19.0 Å². The Kier molecular flexibility index (Phi) is 5.63. The van der Waals surface area contributed by atoms with E-state index < -0.39 is 0 Å². The highest BCUT2D eigenvalue weighted by atomic mass is 32.1. The van der Waals surface area contributed by atoms with Crippen LogP contribution in [0.15, 0.2) is 17.5 Å². The molecule has 3 nitrogen and oxygen atoms in total. The second-order valence-electron chi connectivity index (χ2n) is 5.35. The molecule has 18 heavy (non-hydrogen) atoms. The first-order valence-corrected chi connectivity index (χ1v) is 7.76. The van der Waals surface area contributed by atoms with E-state index in [-0.39, 0.29) is 0 Å². The normalized spacial score (nSPS) is 19.3.